The molecular formula is C19H18ClF2N3O3. The number of alkyl halides is 1. The molecule has 1 atom stereocenters. The lowest BCUT2D eigenvalue weighted by Crippen LogP contribution is -2.54. The molecule has 1 aliphatic rings. The van der Waals surface area contributed by atoms with Gasteiger partial charge in [-0.15, -0.1) is 0 Å². The average molecular weight is 410 g/mol. The van der Waals surface area contributed by atoms with E-state index < -0.39 is 30.5 Å². The number of primary amides is 1. The first kappa shape index (κ1) is 19.9. The fourth-order valence-corrected chi connectivity index (χ4v) is 3.32. The highest BCUT2D eigenvalue weighted by molar-refractivity contribution is 6.32. The average Bonchev–Trinajstić information content (AvgIpc) is 2.63. The van der Waals surface area contributed by atoms with Crippen molar-refractivity contribution in [3.8, 4) is 11.5 Å². The van der Waals surface area contributed by atoms with Gasteiger partial charge in [-0.25, -0.2) is 13.6 Å². The lowest BCUT2D eigenvalue weighted by atomic mass is 9.94. The minimum absolute atomic E-state index is 0.0724. The lowest BCUT2D eigenvalue weighted by Gasteiger charge is -2.35. The predicted octanol–water partition coefficient (Wildman–Crippen LogP) is 3.48. The van der Waals surface area contributed by atoms with Gasteiger partial charge in [0.25, 0.3) is 0 Å². The van der Waals surface area contributed by atoms with Gasteiger partial charge in [0, 0.05) is 12.5 Å². The predicted molar refractivity (Wildman–Crippen MR) is 101 cm³/mol. The van der Waals surface area contributed by atoms with Crippen molar-refractivity contribution in [1.82, 2.24) is 5.32 Å². The van der Waals surface area contributed by atoms with E-state index in [9.17, 15) is 18.4 Å². The molecule has 1 heterocycles. The van der Waals surface area contributed by atoms with Gasteiger partial charge in [-0.05, 0) is 30.2 Å². The molecule has 0 saturated heterocycles. The second kappa shape index (κ2) is 8.02. The Morgan fingerprint density at radius 2 is 2.14 bits per heavy atom. The van der Waals surface area contributed by atoms with E-state index in [0.29, 0.717) is 16.8 Å². The van der Waals surface area contributed by atoms with Gasteiger partial charge in [0.2, 0.25) is 5.91 Å². The van der Waals surface area contributed by atoms with Gasteiger partial charge >= 0.3 is 6.03 Å². The highest BCUT2D eigenvalue weighted by Gasteiger charge is 2.36. The van der Waals surface area contributed by atoms with Gasteiger partial charge in [-0.2, -0.15) is 0 Å². The Bertz CT molecular complexity index is 939. The number of hydrogen-bond acceptors (Lipinski definition) is 3. The smallest absolute Gasteiger partial charge is 0.312 e. The summed E-state index contributed by atoms with van der Waals surface area (Å²) in [6, 6.07) is 5.44. The molecule has 9 heteroatoms. The molecule has 1 aliphatic heterocycles. The maximum Gasteiger partial charge on any atom is 0.312 e. The monoisotopic (exact) mass is 409 g/mol. The van der Waals surface area contributed by atoms with E-state index in [-0.39, 0.29) is 29.5 Å². The molecule has 0 saturated carbocycles. The molecule has 0 aromatic heterocycles. The van der Waals surface area contributed by atoms with E-state index in [2.05, 4.69) is 5.32 Å². The molecule has 28 heavy (non-hydrogen) atoms. The third kappa shape index (κ3) is 3.87. The van der Waals surface area contributed by atoms with Crippen LogP contribution < -0.4 is 20.7 Å². The van der Waals surface area contributed by atoms with Crippen LogP contribution in [0.2, 0.25) is 5.02 Å². The summed E-state index contributed by atoms with van der Waals surface area (Å²) in [6.07, 6.45) is 0.160. The fourth-order valence-electron chi connectivity index (χ4n) is 3.16. The Kier molecular flexibility index (Phi) is 5.69. The molecule has 0 bridgehead atoms. The van der Waals surface area contributed by atoms with Crippen molar-refractivity contribution in [3.63, 3.8) is 0 Å². The molecule has 2 aromatic carbocycles. The highest BCUT2D eigenvalue weighted by atomic mass is 35.5. The van der Waals surface area contributed by atoms with Gasteiger partial charge in [0.15, 0.2) is 5.75 Å². The highest BCUT2D eigenvalue weighted by Crippen LogP contribution is 2.43. The third-order valence-electron chi connectivity index (χ3n) is 4.40. The largest absolute Gasteiger partial charge is 0.453 e. The van der Waals surface area contributed by atoms with Crippen LogP contribution in [0.4, 0.5) is 19.3 Å². The van der Waals surface area contributed by atoms with Gasteiger partial charge in [0.1, 0.15) is 24.3 Å². The molecule has 3 rings (SSSR count). The first-order chi connectivity index (χ1) is 13.3. The molecule has 0 aliphatic carbocycles. The summed E-state index contributed by atoms with van der Waals surface area (Å²) in [6.45, 7) is 0.705. The standard InChI is InChI=1S/C19H18ClF2N3O3/c1-10-2-3-11-8-14(24-19(23)27)18(26)25(7-6-21)16(11)17(10)28-15-9-12(22)4-5-13(15)20/h2-5,9,14H,6-8H2,1H3,(H3,23,24,27)/t14-/m1/s1. The molecule has 0 unspecified atom stereocenters. The minimum atomic E-state index is -0.912. The minimum Gasteiger partial charge on any atom is -0.453 e. The molecule has 3 N–H and O–H groups in total. The van der Waals surface area contributed by atoms with Crippen LogP contribution in [0.25, 0.3) is 0 Å². The number of nitrogens with zero attached hydrogens (tertiary/aromatic N) is 1. The third-order valence-corrected chi connectivity index (χ3v) is 4.71. The van der Waals surface area contributed by atoms with Crippen molar-refractivity contribution in [3.05, 3.63) is 52.3 Å². The Hall–Kier alpha value is -2.87. The van der Waals surface area contributed by atoms with E-state index in [1.165, 1.54) is 17.0 Å². The Morgan fingerprint density at radius 3 is 2.82 bits per heavy atom. The van der Waals surface area contributed by atoms with Crippen molar-refractivity contribution in [2.24, 2.45) is 5.73 Å². The van der Waals surface area contributed by atoms with Crippen molar-refractivity contribution >= 4 is 29.2 Å². The number of carbonyl (C=O) groups is 2. The van der Waals surface area contributed by atoms with Crippen LogP contribution in [-0.2, 0) is 11.2 Å². The first-order valence-electron chi connectivity index (χ1n) is 8.50. The van der Waals surface area contributed by atoms with Crippen LogP contribution in [0.5, 0.6) is 11.5 Å². The quantitative estimate of drug-likeness (QED) is 0.792. The number of nitrogens with two attached hydrogens (primary N) is 1. The zero-order valence-corrected chi connectivity index (χ0v) is 15.7. The Balaban J connectivity index is 2.10. The molecule has 148 valence electrons. The van der Waals surface area contributed by atoms with Gasteiger partial charge in [-0.3, -0.25) is 4.79 Å². The van der Waals surface area contributed by atoms with Crippen molar-refractivity contribution < 1.29 is 23.1 Å². The number of nitrogens with one attached hydrogen (secondary N) is 1. The van der Waals surface area contributed by atoms with Crippen LogP contribution >= 0.6 is 11.6 Å². The molecule has 3 amide bonds. The van der Waals surface area contributed by atoms with Crippen LogP contribution in [0.15, 0.2) is 30.3 Å². The normalized spacial score (nSPS) is 15.9. The van der Waals surface area contributed by atoms with Crippen molar-refractivity contribution in [2.75, 3.05) is 18.1 Å². The number of aryl methyl sites for hydroxylation is 1. The summed E-state index contributed by atoms with van der Waals surface area (Å²) in [5, 5.41) is 2.56. The SMILES string of the molecule is Cc1ccc2c(c1Oc1cc(F)ccc1Cl)N(CCF)C(=O)[C@H](NC(N)=O)C2. The summed E-state index contributed by atoms with van der Waals surface area (Å²) in [5.41, 5.74) is 6.81. The first-order valence-corrected chi connectivity index (χ1v) is 8.88. The number of hydrogen-bond donors (Lipinski definition) is 2. The van der Waals surface area contributed by atoms with Crippen molar-refractivity contribution in [1.29, 1.82) is 0 Å². The molecule has 0 fully saturated rings. The second-order valence-corrected chi connectivity index (χ2v) is 6.75. The van der Waals surface area contributed by atoms with Gasteiger partial charge in [-0.1, -0.05) is 23.7 Å². The van der Waals surface area contributed by atoms with E-state index >= 15 is 0 Å². The summed E-state index contributed by atoms with van der Waals surface area (Å²) >= 11 is 6.09. The summed E-state index contributed by atoms with van der Waals surface area (Å²) in [7, 11) is 0. The van der Waals surface area contributed by atoms with E-state index in [1.807, 2.05) is 0 Å². The van der Waals surface area contributed by atoms with Crippen LogP contribution in [0.3, 0.4) is 0 Å². The van der Waals surface area contributed by atoms with Crippen molar-refractivity contribution in [2.45, 2.75) is 19.4 Å². The zero-order valence-electron chi connectivity index (χ0n) is 15.0. The summed E-state index contributed by atoms with van der Waals surface area (Å²) in [4.78, 5) is 25.2. The number of amides is 3. The van der Waals surface area contributed by atoms with Crippen LogP contribution in [0.1, 0.15) is 11.1 Å². The Morgan fingerprint density at radius 1 is 1.39 bits per heavy atom. The van der Waals surface area contributed by atoms with E-state index in [0.717, 1.165) is 6.07 Å². The topological polar surface area (TPSA) is 84.7 Å². The number of benzene rings is 2. The maximum atomic E-state index is 13.6. The molecule has 6 nitrogen and oxygen atoms in total. The van der Waals surface area contributed by atoms with E-state index in [4.69, 9.17) is 22.1 Å². The summed E-state index contributed by atoms with van der Waals surface area (Å²) < 4.78 is 32.7. The fraction of sp³-hybridized carbons (Fsp3) is 0.263. The molecule has 2 aromatic rings. The van der Waals surface area contributed by atoms with Gasteiger partial charge in [0.05, 0.1) is 17.3 Å². The number of urea groups is 1. The van der Waals surface area contributed by atoms with Crippen LogP contribution in [-0.4, -0.2) is 31.2 Å². The zero-order chi connectivity index (χ0) is 20.4. The molecule has 0 spiro atoms. The molecule has 0 radical (unpaired) electrons. The van der Waals surface area contributed by atoms with Gasteiger partial charge < -0.3 is 20.7 Å². The number of fused-ring (bicyclic) bond motifs is 1. The van der Waals surface area contributed by atoms with Crippen LogP contribution in [0, 0.1) is 12.7 Å². The summed E-state index contributed by atoms with van der Waals surface area (Å²) in [5.74, 6) is -0.707. The number of ether oxygens (including phenoxy) is 1. The number of anilines is 1. The number of carbonyl (C=O) groups excluding carboxylic acids is 2. The Labute approximate surface area is 165 Å². The second-order valence-electron chi connectivity index (χ2n) is 6.34. The lowest BCUT2D eigenvalue weighted by molar-refractivity contribution is -0.120. The van der Waals surface area contributed by atoms with E-state index in [1.54, 1.807) is 19.1 Å². The number of halogens is 3. The molecular weight excluding hydrogens is 392 g/mol. The maximum absolute atomic E-state index is 13.6. The number of rotatable bonds is 5.